The van der Waals surface area contributed by atoms with Gasteiger partial charge in [0.1, 0.15) is 22.7 Å². The van der Waals surface area contributed by atoms with Gasteiger partial charge in [-0.25, -0.2) is 9.37 Å². The van der Waals surface area contributed by atoms with Gasteiger partial charge < -0.3 is 10.3 Å². The molecule has 0 aliphatic heterocycles. The molecule has 6 aromatic rings. The van der Waals surface area contributed by atoms with Crippen LogP contribution in [0.15, 0.2) is 67.3 Å². The van der Waals surface area contributed by atoms with Crippen LogP contribution in [0.4, 0.5) is 10.1 Å². The second-order valence-electron chi connectivity index (χ2n) is 8.89. The van der Waals surface area contributed by atoms with Crippen LogP contribution in [0.25, 0.3) is 56.0 Å². The van der Waals surface area contributed by atoms with E-state index in [1.54, 1.807) is 49.1 Å². The minimum Gasteiger partial charge on any atom is -0.336 e. The number of aromatic nitrogens is 7. The quantitative estimate of drug-likeness (QED) is 0.248. The Morgan fingerprint density at radius 1 is 1.03 bits per heavy atom. The zero-order valence-electron chi connectivity index (χ0n) is 20.5. The van der Waals surface area contributed by atoms with E-state index in [0.29, 0.717) is 62.6 Å². The summed E-state index contributed by atoms with van der Waals surface area (Å²) in [5.74, 6) is -0.156. The van der Waals surface area contributed by atoms with Gasteiger partial charge in [-0.15, -0.1) is 0 Å². The van der Waals surface area contributed by atoms with E-state index in [-0.39, 0.29) is 5.91 Å². The summed E-state index contributed by atoms with van der Waals surface area (Å²) in [5, 5.41) is 10.4. The molecule has 0 spiro atoms. The lowest BCUT2D eigenvalue weighted by molar-refractivity contribution is -0.116. The number of nitrogens with one attached hydrogen (secondary N) is 3. The molecule has 0 atom stereocenters. The van der Waals surface area contributed by atoms with E-state index in [2.05, 4.69) is 35.5 Å². The Morgan fingerprint density at radius 3 is 2.79 bits per heavy atom. The topological polar surface area (TPSA) is 125 Å². The van der Waals surface area contributed by atoms with E-state index < -0.39 is 5.82 Å². The zero-order valence-corrected chi connectivity index (χ0v) is 20.5. The first-order valence-corrected chi connectivity index (χ1v) is 12.3. The minimum atomic E-state index is -0.467. The number of unbranched alkanes of at least 4 members (excludes halogenated alkanes) is 1. The maximum Gasteiger partial charge on any atom is 0.224 e. The normalized spacial score (nSPS) is 11.3. The highest BCUT2D eigenvalue weighted by atomic mass is 19.1. The Morgan fingerprint density at radius 2 is 1.95 bits per heavy atom. The number of fused-ring (bicyclic) bond motifs is 2. The fourth-order valence-corrected chi connectivity index (χ4v) is 4.42. The lowest BCUT2D eigenvalue weighted by Crippen LogP contribution is -2.11. The summed E-state index contributed by atoms with van der Waals surface area (Å²) in [6, 6.07) is 12.5. The summed E-state index contributed by atoms with van der Waals surface area (Å²) in [6.45, 7) is 2.03. The number of halogens is 1. The number of amides is 1. The Balaban J connectivity index is 1.41. The van der Waals surface area contributed by atoms with Crippen molar-refractivity contribution in [2.75, 3.05) is 5.32 Å². The lowest BCUT2D eigenvalue weighted by Gasteiger charge is -2.08. The van der Waals surface area contributed by atoms with E-state index in [9.17, 15) is 4.79 Å². The minimum absolute atomic E-state index is 0.0942. The number of nitrogens with zero attached hydrogens (tertiary/aromatic N) is 5. The Bertz CT molecular complexity index is 1780. The first kappa shape index (κ1) is 23.4. The molecular weight excluding hydrogens is 483 g/mol. The van der Waals surface area contributed by atoms with Gasteiger partial charge in [0.2, 0.25) is 5.91 Å². The smallest absolute Gasteiger partial charge is 0.224 e. The predicted octanol–water partition coefficient (Wildman–Crippen LogP) is 5.89. The van der Waals surface area contributed by atoms with Crippen molar-refractivity contribution >= 4 is 33.5 Å². The molecule has 10 heteroatoms. The highest BCUT2D eigenvalue weighted by Gasteiger charge is 2.21. The maximum atomic E-state index is 16.1. The molecule has 0 radical (unpaired) electrons. The van der Waals surface area contributed by atoms with Crippen molar-refractivity contribution in [2.45, 2.75) is 26.2 Å². The molecule has 1 amide bonds. The second kappa shape index (κ2) is 9.81. The summed E-state index contributed by atoms with van der Waals surface area (Å²) in [4.78, 5) is 33.2. The van der Waals surface area contributed by atoms with Crippen LogP contribution in [0, 0.1) is 5.82 Å². The summed E-state index contributed by atoms with van der Waals surface area (Å²) < 4.78 is 16.1. The van der Waals surface area contributed by atoms with Crippen molar-refractivity contribution in [3.8, 4) is 34.0 Å². The molecule has 38 heavy (non-hydrogen) atoms. The highest BCUT2D eigenvalue weighted by molar-refractivity contribution is 5.98. The maximum absolute atomic E-state index is 16.1. The summed E-state index contributed by atoms with van der Waals surface area (Å²) in [6.07, 6.45) is 8.64. The van der Waals surface area contributed by atoms with Gasteiger partial charge in [-0.05, 0) is 42.8 Å². The first-order chi connectivity index (χ1) is 18.6. The molecular formula is C28H23FN8O. The van der Waals surface area contributed by atoms with Gasteiger partial charge in [0.05, 0.1) is 34.0 Å². The number of aromatic amines is 2. The number of carbonyl (C=O) groups excluding carboxylic acids is 1. The third kappa shape index (κ3) is 4.26. The van der Waals surface area contributed by atoms with Gasteiger partial charge in [-0.1, -0.05) is 19.4 Å². The van der Waals surface area contributed by atoms with E-state index >= 15 is 4.39 Å². The molecule has 0 aliphatic rings. The van der Waals surface area contributed by atoms with Crippen LogP contribution in [0.2, 0.25) is 0 Å². The number of rotatable bonds is 7. The molecule has 0 fully saturated rings. The number of imidazole rings is 1. The number of carbonyl (C=O) groups is 1. The first-order valence-electron chi connectivity index (χ1n) is 12.3. The van der Waals surface area contributed by atoms with Crippen LogP contribution in [-0.2, 0) is 4.79 Å². The zero-order chi connectivity index (χ0) is 26.1. The number of anilines is 1. The van der Waals surface area contributed by atoms with E-state index in [4.69, 9.17) is 4.98 Å². The van der Waals surface area contributed by atoms with Crippen molar-refractivity contribution in [3.63, 3.8) is 0 Å². The molecule has 188 valence electrons. The van der Waals surface area contributed by atoms with Gasteiger partial charge in [0.25, 0.3) is 0 Å². The predicted molar refractivity (Wildman–Crippen MR) is 144 cm³/mol. The SMILES string of the molecule is CCCCC(=O)Nc1cncc(-c2ccc3[nH]nc(-c4nc5c(-c6ccccn6)nccc5[nH]4)c3c2F)c1. The Labute approximate surface area is 216 Å². The molecule has 0 bridgehead atoms. The van der Waals surface area contributed by atoms with Crippen molar-refractivity contribution in [1.29, 1.82) is 0 Å². The molecule has 6 rings (SSSR count). The standard InChI is InChI=1S/C28H23FN8O/c1-2-3-7-22(38)33-17-13-16(14-30-15-17)18-8-9-19-23(24(18)29)27(37-36-19)28-34-21-10-12-32-25(26(21)35-28)20-6-4-5-11-31-20/h4-6,8-15H,2-3,7H2,1H3,(H,33,38)(H,34,35)(H,36,37). The molecule has 0 saturated heterocycles. The van der Waals surface area contributed by atoms with E-state index in [0.717, 1.165) is 18.4 Å². The van der Waals surface area contributed by atoms with Gasteiger partial charge >= 0.3 is 0 Å². The number of hydrogen-bond acceptors (Lipinski definition) is 6. The Hall–Kier alpha value is -4.99. The van der Waals surface area contributed by atoms with Crippen molar-refractivity contribution in [2.24, 2.45) is 0 Å². The van der Waals surface area contributed by atoms with E-state index in [1.807, 2.05) is 25.1 Å². The van der Waals surface area contributed by atoms with Gasteiger partial charge in [-0.2, -0.15) is 5.10 Å². The highest BCUT2D eigenvalue weighted by Crippen LogP contribution is 2.35. The molecule has 0 aliphatic carbocycles. The fourth-order valence-electron chi connectivity index (χ4n) is 4.42. The van der Waals surface area contributed by atoms with Crippen LogP contribution < -0.4 is 5.32 Å². The number of H-pyrrole nitrogens is 2. The van der Waals surface area contributed by atoms with Crippen LogP contribution >= 0.6 is 0 Å². The number of hydrogen-bond donors (Lipinski definition) is 3. The van der Waals surface area contributed by atoms with Crippen molar-refractivity contribution in [1.82, 2.24) is 35.1 Å². The Kier molecular flexibility index (Phi) is 6.04. The van der Waals surface area contributed by atoms with Crippen molar-refractivity contribution in [3.05, 3.63) is 73.1 Å². The number of benzene rings is 1. The second-order valence-corrected chi connectivity index (χ2v) is 8.89. The number of pyridine rings is 3. The molecule has 1 aromatic carbocycles. The summed E-state index contributed by atoms with van der Waals surface area (Å²) >= 11 is 0. The van der Waals surface area contributed by atoms with Gasteiger partial charge in [0.15, 0.2) is 5.82 Å². The lowest BCUT2D eigenvalue weighted by atomic mass is 10.0. The largest absolute Gasteiger partial charge is 0.336 e. The average Bonchev–Trinajstić information content (AvgIpc) is 3.57. The fraction of sp³-hybridized carbons (Fsp3) is 0.143. The van der Waals surface area contributed by atoms with Crippen LogP contribution in [0.1, 0.15) is 26.2 Å². The van der Waals surface area contributed by atoms with Crippen LogP contribution in [-0.4, -0.2) is 41.0 Å². The molecule has 5 aromatic heterocycles. The average molecular weight is 507 g/mol. The molecule has 0 unspecified atom stereocenters. The molecule has 5 heterocycles. The third-order valence-corrected chi connectivity index (χ3v) is 6.29. The van der Waals surface area contributed by atoms with Gasteiger partial charge in [0, 0.05) is 36.1 Å². The van der Waals surface area contributed by atoms with Crippen LogP contribution in [0.3, 0.4) is 0 Å². The summed E-state index contributed by atoms with van der Waals surface area (Å²) in [5.41, 5.74) is 4.92. The third-order valence-electron chi connectivity index (χ3n) is 6.29. The van der Waals surface area contributed by atoms with Gasteiger partial charge in [-0.3, -0.25) is 24.8 Å². The van der Waals surface area contributed by atoms with Crippen LogP contribution in [0.5, 0.6) is 0 Å². The molecule has 0 saturated carbocycles. The summed E-state index contributed by atoms with van der Waals surface area (Å²) in [7, 11) is 0. The monoisotopic (exact) mass is 506 g/mol. The van der Waals surface area contributed by atoms with Crippen molar-refractivity contribution < 1.29 is 9.18 Å². The molecule has 3 N–H and O–H groups in total. The van der Waals surface area contributed by atoms with E-state index in [1.165, 1.54) is 0 Å². The molecule has 9 nitrogen and oxygen atoms in total.